The summed E-state index contributed by atoms with van der Waals surface area (Å²) in [7, 11) is 1.39. The fraction of sp³-hybridized carbons (Fsp3) is 0.500. The molecule has 0 unspecified atom stereocenters. The molecule has 0 aliphatic carbocycles. The predicted octanol–water partition coefficient (Wildman–Crippen LogP) is 1.84. The summed E-state index contributed by atoms with van der Waals surface area (Å²) in [6, 6.07) is 9.13. The lowest BCUT2D eigenvalue weighted by molar-refractivity contribution is -0.148. The van der Waals surface area contributed by atoms with Crippen molar-refractivity contribution in [3.05, 3.63) is 35.9 Å². The number of alkyl halides is 1. The van der Waals surface area contributed by atoms with Gasteiger partial charge in [-0.15, -0.1) is 11.6 Å². The Kier molecular flexibility index (Phi) is 5.19. The van der Waals surface area contributed by atoms with E-state index in [1.165, 1.54) is 7.11 Å². The van der Waals surface area contributed by atoms with Crippen LogP contribution in [0.2, 0.25) is 0 Å². The number of hydrogen-bond acceptors (Lipinski definition) is 4. The molecule has 0 spiro atoms. The summed E-state index contributed by atoms with van der Waals surface area (Å²) in [4.78, 5) is 14.1. The number of carbonyl (C=O) groups excluding carboxylic acids is 1. The number of hydrogen-bond donors (Lipinski definition) is 0. The Morgan fingerprint density at radius 3 is 2.53 bits per heavy atom. The van der Waals surface area contributed by atoms with Gasteiger partial charge in [-0.2, -0.15) is 0 Å². The summed E-state index contributed by atoms with van der Waals surface area (Å²) in [5.41, 5.74) is 0.922. The molecular formula is C14H18ClNO3. The van der Waals surface area contributed by atoms with Crippen LogP contribution in [-0.2, 0) is 14.3 Å². The van der Waals surface area contributed by atoms with Crippen molar-refractivity contribution in [2.45, 2.75) is 11.4 Å². The number of halogens is 1. The molecule has 5 heteroatoms. The lowest BCUT2D eigenvalue weighted by Crippen LogP contribution is -2.49. The number of morpholine rings is 1. The lowest BCUT2D eigenvalue weighted by Gasteiger charge is -2.35. The first-order chi connectivity index (χ1) is 9.24. The van der Waals surface area contributed by atoms with Gasteiger partial charge < -0.3 is 9.47 Å². The van der Waals surface area contributed by atoms with Crippen LogP contribution in [0, 0.1) is 0 Å². The number of esters is 1. The molecule has 1 heterocycles. The van der Waals surface area contributed by atoms with Crippen molar-refractivity contribution in [3.8, 4) is 0 Å². The smallest absolute Gasteiger partial charge is 0.324 e. The molecule has 1 fully saturated rings. The second-order valence-electron chi connectivity index (χ2n) is 4.43. The van der Waals surface area contributed by atoms with E-state index in [2.05, 4.69) is 0 Å². The van der Waals surface area contributed by atoms with E-state index in [9.17, 15) is 4.79 Å². The molecule has 1 aromatic rings. The van der Waals surface area contributed by atoms with Crippen molar-refractivity contribution in [2.24, 2.45) is 0 Å². The minimum atomic E-state index is -0.474. The minimum Gasteiger partial charge on any atom is -0.468 e. The Morgan fingerprint density at radius 1 is 1.32 bits per heavy atom. The van der Waals surface area contributed by atoms with Crippen molar-refractivity contribution in [2.75, 3.05) is 33.4 Å². The average Bonchev–Trinajstić information content (AvgIpc) is 2.49. The van der Waals surface area contributed by atoms with Crippen LogP contribution in [0.25, 0.3) is 0 Å². The maximum Gasteiger partial charge on any atom is 0.324 e. The fourth-order valence-electron chi connectivity index (χ4n) is 2.25. The molecule has 19 heavy (non-hydrogen) atoms. The Morgan fingerprint density at radius 2 is 1.95 bits per heavy atom. The number of nitrogens with zero attached hydrogens (tertiary/aromatic N) is 1. The van der Waals surface area contributed by atoms with Crippen LogP contribution in [0.5, 0.6) is 0 Å². The summed E-state index contributed by atoms with van der Waals surface area (Å²) in [6.45, 7) is 2.61. The average molecular weight is 284 g/mol. The summed E-state index contributed by atoms with van der Waals surface area (Å²) in [5.74, 6) is -0.300. The van der Waals surface area contributed by atoms with Gasteiger partial charge in [0.15, 0.2) is 0 Å². The Labute approximate surface area is 118 Å². The molecule has 0 bridgehead atoms. The van der Waals surface area contributed by atoms with Gasteiger partial charge >= 0.3 is 5.97 Å². The molecule has 1 saturated heterocycles. The van der Waals surface area contributed by atoms with Crippen LogP contribution in [0.15, 0.2) is 30.3 Å². The van der Waals surface area contributed by atoms with E-state index in [0.29, 0.717) is 26.3 Å². The van der Waals surface area contributed by atoms with E-state index in [0.717, 1.165) is 5.56 Å². The first-order valence-electron chi connectivity index (χ1n) is 6.32. The molecule has 2 atom stereocenters. The number of benzene rings is 1. The molecule has 0 aromatic heterocycles. The first kappa shape index (κ1) is 14.3. The van der Waals surface area contributed by atoms with E-state index < -0.39 is 11.4 Å². The van der Waals surface area contributed by atoms with E-state index in [4.69, 9.17) is 21.1 Å². The summed E-state index contributed by atoms with van der Waals surface area (Å²) in [5, 5.41) is -0.424. The number of methoxy groups -OCH3 is 1. The predicted molar refractivity (Wildman–Crippen MR) is 73.2 cm³/mol. The highest BCUT2D eigenvalue weighted by Crippen LogP contribution is 2.29. The van der Waals surface area contributed by atoms with E-state index >= 15 is 0 Å². The molecule has 2 rings (SSSR count). The van der Waals surface area contributed by atoms with Crippen molar-refractivity contribution in [1.29, 1.82) is 0 Å². The molecule has 0 N–H and O–H groups in total. The van der Waals surface area contributed by atoms with Crippen molar-refractivity contribution < 1.29 is 14.3 Å². The van der Waals surface area contributed by atoms with Gasteiger partial charge in [0.1, 0.15) is 6.04 Å². The zero-order chi connectivity index (χ0) is 13.7. The quantitative estimate of drug-likeness (QED) is 0.624. The third-order valence-corrected chi connectivity index (χ3v) is 3.77. The Balaban J connectivity index is 2.19. The van der Waals surface area contributed by atoms with Gasteiger partial charge in [-0.1, -0.05) is 30.3 Å². The molecule has 0 radical (unpaired) electrons. The Hall–Kier alpha value is -1.10. The van der Waals surface area contributed by atoms with Gasteiger partial charge in [0.05, 0.1) is 25.7 Å². The van der Waals surface area contributed by atoms with Gasteiger partial charge in [0.25, 0.3) is 0 Å². The van der Waals surface area contributed by atoms with Crippen LogP contribution >= 0.6 is 11.6 Å². The molecular weight excluding hydrogens is 266 g/mol. The van der Waals surface area contributed by atoms with Gasteiger partial charge in [-0.3, -0.25) is 9.69 Å². The molecule has 1 aliphatic heterocycles. The van der Waals surface area contributed by atoms with Gasteiger partial charge in [-0.25, -0.2) is 0 Å². The molecule has 0 saturated carbocycles. The zero-order valence-corrected chi connectivity index (χ0v) is 11.7. The molecule has 104 valence electrons. The molecule has 1 aromatic carbocycles. The highest BCUT2D eigenvalue weighted by Gasteiger charge is 2.35. The zero-order valence-electron chi connectivity index (χ0n) is 10.9. The maximum absolute atomic E-state index is 12.0. The van der Waals surface area contributed by atoms with E-state index in [-0.39, 0.29) is 5.97 Å². The normalized spacial score (nSPS) is 19.7. The molecule has 1 aliphatic rings. The highest BCUT2D eigenvalue weighted by atomic mass is 35.5. The van der Waals surface area contributed by atoms with Gasteiger partial charge in [-0.05, 0) is 5.56 Å². The summed E-state index contributed by atoms with van der Waals surface area (Å²) < 4.78 is 10.2. The summed E-state index contributed by atoms with van der Waals surface area (Å²) >= 11 is 6.50. The van der Waals surface area contributed by atoms with Crippen LogP contribution < -0.4 is 0 Å². The SMILES string of the molecule is COC(=O)[C@H]([C@H](Cl)c1ccccc1)N1CCOCC1. The second kappa shape index (κ2) is 6.89. The third kappa shape index (κ3) is 3.47. The van der Waals surface area contributed by atoms with E-state index in [1.54, 1.807) is 0 Å². The highest BCUT2D eigenvalue weighted by molar-refractivity contribution is 6.22. The van der Waals surface area contributed by atoms with Crippen LogP contribution in [-0.4, -0.2) is 50.3 Å². The van der Waals surface area contributed by atoms with Crippen molar-refractivity contribution in [3.63, 3.8) is 0 Å². The van der Waals surface area contributed by atoms with Crippen molar-refractivity contribution in [1.82, 2.24) is 4.90 Å². The van der Waals surface area contributed by atoms with Crippen LogP contribution in [0.3, 0.4) is 0 Å². The second-order valence-corrected chi connectivity index (χ2v) is 4.90. The lowest BCUT2D eigenvalue weighted by atomic mass is 10.0. The third-order valence-electron chi connectivity index (χ3n) is 3.28. The monoisotopic (exact) mass is 283 g/mol. The number of rotatable bonds is 4. The standard InChI is InChI=1S/C14H18ClNO3/c1-18-14(17)13(16-7-9-19-10-8-16)12(15)11-5-3-2-4-6-11/h2-6,12-13H,7-10H2,1H3/t12-,13+/m1/s1. The van der Waals surface area contributed by atoms with E-state index in [1.807, 2.05) is 35.2 Å². The van der Waals surface area contributed by atoms with Crippen LogP contribution in [0.1, 0.15) is 10.9 Å². The fourth-order valence-corrected chi connectivity index (χ4v) is 2.66. The van der Waals surface area contributed by atoms with Gasteiger partial charge in [0.2, 0.25) is 0 Å². The van der Waals surface area contributed by atoms with Gasteiger partial charge in [0, 0.05) is 13.1 Å². The largest absolute Gasteiger partial charge is 0.468 e. The maximum atomic E-state index is 12.0. The number of ether oxygens (including phenoxy) is 2. The Bertz CT molecular complexity index is 406. The minimum absolute atomic E-state index is 0.300. The number of carbonyl (C=O) groups is 1. The summed E-state index contributed by atoms with van der Waals surface area (Å²) in [6.07, 6.45) is 0. The van der Waals surface area contributed by atoms with Crippen LogP contribution in [0.4, 0.5) is 0 Å². The molecule has 4 nitrogen and oxygen atoms in total. The topological polar surface area (TPSA) is 38.8 Å². The molecule has 0 amide bonds. The first-order valence-corrected chi connectivity index (χ1v) is 6.76. The van der Waals surface area contributed by atoms with Crippen molar-refractivity contribution >= 4 is 17.6 Å².